The van der Waals surface area contributed by atoms with Gasteiger partial charge in [0, 0.05) is 18.0 Å². The van der Waals surface area contributed by atoms with Gasteiger partial charge in [-0.05, 0) is 104 Å². The summed E-state index contributed by atoms with van der Waals surface area (Å²) in [5.74, 6) is 2.05. The largest absolute Gasteiger partial charge is 0.342 e. The molecule has 3 nitrogen and oxygen atoms in total. The Morgan fingerprint density at radius 3 is 2.59 bits per heavy atom. The number of pyridine rings is 1. The Morgan fingerprint density at radius 1 is 0.966 bits per heavy atom. The van der Waals surface area contributed by atoms with Crippen molar-refractivity contribution >= 4 is 21.9 Å². The fourth-order valence-corrected chi connectivity index (χ4v) is 4.87. The minimum absolute atomic E-state index is 0.184. The van der Waals surface area contributed by atoms with E-state index in [1.165, 1.54) is 35.6 Å². The molecule has 4 heteroatoms. The van der Waals surface area contributed by atoms with Crippen molar-refractivity contribution in [1.29, 1.82) is 0 Å². The summed E-state index contributed by atoms with van der Waals surface area (Å²) >= 11 is 0. The number of aryl methyl sites for hydroxylation is 2. The van der Waals surface area contributed by atoms with E-state index in [1.807, 2.05) is 6.20 Å². The third-order valence-corrected chi connectivity index (χ3v) is 6.65. The van der Waals surface area contributed by atoms with Gasteiger partial charge in [0.1, 0.15) is 11.6 Å². The van der Waals surface area contributed by atoms with E-state index < -0.39 is 0 Å². The van der Waals surface area contributed by atoms with Crippen LogP contribution in [0.1, 0.15) is 54.1 Å². The number of hydrogen-bond acceptors (Lipinski definition) is 2. The van der Waals surface area contributed by atoms with E-state index in [4.69, 9.17) is 4.98 Å². The third kappa shape index (κ3) is 3.52. The molecule has 0 unspecified atom stereocenters. The highest BCUT2D eigenvalue weighted by Gasteiger charge is 2.25. The average molecular weight is 388 g/mol. The molecular formula is C25H26FN3. The first-order chi connectivity index (χ1) is 14.1. The van der Waals surface area contributed by atoms with Crippen LogP contribution < -0.4 is 0 Å². The number of rotatable bonds is 3. The number of nitrogens with zero attached hydrogens (tertiary/aromatic N) is 2. The number of imidazole rings is 1. The van der Waals surface area contributed by atoms with Crippen molar-refractivity contribution in [2.24, 2.45) is 5.92 Å². The van der Waals surface area contributed by atoms with Crippen LogP contribution in [0.15, 0.2) is 42.6 Å². The molecule has 0 bridgehead atoms. The normalized spacial score (nSPS) is 19.8. The van der Waals surface area contributed by atoms with Gasteiger partial charge in [-0.15, -0.1) is 0 Å². The molecule has 4 aromatic rings. The van der Waals surface area contributed by atoms with E-state index in [9.17, 15) is 4.39 Å². The smallest absolute Gasteiger partial charge is 0.123 e. The number of aromatic nitrogens is 3. The Kier molecular flexibility index (Phi) is 4.57. The molecule has 0 saturated heterocycles. The summed E-state index contributed by atoms with van der Waals surface area (Å²) in [7, 11) is 0. The predicted molar refractivity (Wildman–Crippen MR) is 116 cm³/mol. The van der Waals surface area contributed by atoms with Gasteiger partial charge >= 0.3 is 0 Å². The highest BCUT2D eigenvalue weighted by molar-refractivity contribution is 5.82. The molecule has 2 heterocycles. The van der Waals surface area contributed by atoms with Crippen molar-refractivity contribution in [3.63, 3.8) is 0 Å². The number of aromatic amines is 1. The second-order valence-electron chi connectivity index (χ2n) is 8.62. The molecule has 29 heavy (non-hydrogen) atoms. The third-order valence-electron chi connectivity index (χ3n) is 6.65. The molecule has 0 atom stereocenters. The minimum Gasteiger partial charge on any atom is -0.342 e. The molecule has 5 rings (SSSR count). The van der Waals surface area contributed by atoms with Crippen LogP contribution in [-0.2, 0) is 6.42 Å². The molecule has 0 spiro atoms. The van der Waals surface area contributed by atoms with Crippen molar-refractivity contribution in [2.45, 2.75) is 51.9 Å². The van der Waals surface area contributed by atoms with E-state index in [0.717, 1.165) is 47.0 Å². The van der Waals surface area contributed by atoms with Crippen molar-refractivity contribution in [1.82, 2.24) is 15.0 Å². The number of fused-ring (bicyclic) bond motifs is 2. The first-order valence-corrected chi connectivity index (χ1v) is 10.6. The van der Waals surface area contributed by atoms with Gasteiger partial charge in [-0.1, -0.05) is 0 Å². The number of nitrogens with one attached hydrogen (secondary N) is 1. The van der Waals surface area contributed by atoms with Gasteiger partial charge in [0.15, 0.2) is 0 Å². The molecule has 2 aromatic heterocycles. The number of H-pyrrole nitrogens is 1. The second kappa shape index (κ2) is 7.25. The maximum absolute atomic E-state index is 13.8. The Labute approximate surface area is 170 Å². The van der Waals surface area contributed by atoms with Crippen molar-refractivity contribution in [3.8, 4) is 0 Å². The van der Waals surface area contributed by atoms with Gasteiger partial charge < -0.3 is 4.98 Å². The summed E-state index contributed by atoms with van der Waals surface area (Å²) in [6.45, 7) is 4.28. The summed E-state index contributed by atoms with van der Waals surface area (Å²) < 4.78 is 13.8. The number of benzene rings is 2. The number of hydrogen-bond donors (Lipinski definition) is 1. The van der Waals surface area contributed by atoms with Crippen LogP contribution >= 0.6 is 0 Å². The van der Waals surface area contributed by atoms with Crippen LogP contribution in [0.4, 0.5) is 4.39 Å². The van der Waals surface area contributed by atoms with E-state index in [0.29, 0.717) is 11.8 Å². The molecule has 1 fully saturated rings. The highest BCUT2D eigenvalue weighted by atomic mass is 19.1. The quantitative estimate of drug-likeness (QED) is 0.443. The van der Waals surface area contributed by atoms with E-state index in [-0.39, 0.29) is 5.82 Å². The maximum atomic E-state index is 13.8. The van der Waals surface area contributed by atoms with Gasteiger partial charge in [-0.3, -0.25) is 4.98 Å². The first-order valence-electron chi connectivity index (χ1n) is 10.6. The molecule has 0 aliphatic heterocycles. The van der Waals surface area contributed by atoms with Gasteiger partial charge in [0.2, 0.25) is 0 Å². The van der Waals surface area contributed by atoms with Crippen LogP contribution in [-0.4, -0.2) is 15.0 Å². The predicted octanol–water partition coefficient (Wildman–Crippen LogP) is 6.38. The average Bonchev–Trinajstić information content (AvgIpc) is 3.09. The van der Waals surface area contributed by atoms with E-state index in [1.54, 1.807) is 12.1 Å². The zero-order valence-corrected chi connectivity index (χ0v) is 17.0. The van der Waals surface area contributed by atoms with Crippen molar-refractivity contribution in [2.75, 3.05) is 0 Å². The van der Waals surface area contributed by atoms with E-state index in [2.05, 4.69) is 42.0 Å². The Morgan fingerprint density at radius 2 is 1.76 bits per heavy atom. The lowest BCUT2D eigenvalue weighted by Crippen LogP contribution is -2.16. The molecule has 1 aliphatic carbocycles. The van der Waals surface area contributed by atoms with Crippen LogP contribution in [0.25, 0.3) is 21.9 Å². The minimum atomic E-state index is -0.184. The lowest BCUT2D eigenvalue weighted by Gasteiger charge is -2.29. The summed E-state index contributed by atoms with van der Waals surface area (Å²) in [6, 6.07) is 11.4. The van der Waals surface area contributed by atoms with Gasteiger partial charge in [-0.2, -0.15) is 0 Å². The van der Waals surface area contributed by atoms with Crippen molar-refractivity contribution in [3.05, 3.63) is 70.9 Å². The maximum Gasteiger partial charge on any atom is 0.123 e. The highest BCUT2D eigenvalue weighted by Crippen LogP contribution is 2.39. The lowest BCUT2D eigenvalue weighted by atomic mass is 9.77. The monoisotopic (exact) mass is 387 g/mol. The standard InChI is InChI=1S/C25H26FN3/c1-15-11-23-24(12-16(15)2)29-25(28-23)13-17-3-5-18(6-4-17)20-9-10-27-22-8-7-19(26)14-21(20)22/h7-12,14,17-18H,3-6,13H2,1-2H3,(H,28,29)/t17-,18-. The van der Waals surface area contributed by atoms with Gasteiger partial charge in [-0.25, -0.2) is 9.37 Å². The summed E-state index contributed by atoms with van der Waals surface area (Å²) in [5.41, 5.74) is 6.94. The SMILES string of the molecule is Cc1cc2nc(C[C@H]3CC[C@H](c4ccnc5ccc(F)cc54)CC3)[nH]c2cc1C. The fraction of sp³-hybridized carbons (Fsp3) is 0.360. The van der Waals surface area contributed by atoms with Crippen LogP contribution in [0.2, 0.25) is 0 Å². The van der Waals surface area contributed by atoms with E-state index >= 15 is 0 Å². The van der Waals surface area contributed by atoms with Gasteiger partial charge in [0.25, 0.3) is 0 Å². The lowest BCUT2D eigenvalue weighted by molar-refractivity contribution is 0.322. The Bertz CT molecular complexity index is 1150. The molecule has 1 N–H and O–H groups in total. The summed E-state index contributed by atoms with van der Waals surface area (Å²) in [4.78, 5) is 12.8. The topological polar surface area (TPSA) is 41.6 Å². The zero-order chi connectivity index (χ0) is 20.0. The molecule has 1 aliphatic rings. The molecule has 2 aromatic carbocycles. The summed E-state index contributed by atoms with van der Waals surface area (Å²) in [6.07, 6.45) is 7.50. The molecule has 148 valence electrons. The molecule has 0 radical (unpaired) electrons. The summed E-state index contributed by atoms with van der Waals surface area (Å²) in [5, 5.41) is 0.971. The Balaban J connectivity index is 1.30. The van der Waals surface area contributed by atoms with Crippen LogP contribution in [0.3, 0.4) is 0 Å². The zero-order valence-electron chi connectivity index (χ0n) is 17.0. The van der Waals surface area contributed by atoms with Crippen LogP contribution in [0.5, 0.6) is 0 Å². The van der Waals surface area contributed by atoms with Gasteiger partial charge in [0.05, 0.1) is 16.6 Å². The number of halogens is 1. The Hall–Kier alpha value is -2.75. The molecule has 0 amide bonds. The first kappa shape index (κ1) is 18.3. The molecular weight excluding hydrogens is 361 g/mol. The van der Waals surface area contributed by atoms with Crippen molar-refractivity contribution < 1.29 is 4.39 Å². The second-order valence-corrected chi connectivity index (χ2v) is 8.62. The van der Waals surface area contributed by atoms with Crippen LogP contribution in [0, 0.1) is 25.6 Å². The fourth-order valence-electron chi connectivity index (χ4n) is 4.87. The molecule has 1 saturated carbocycles.